The smallest absolute Gasteiger partial charge is 0.0234 e. The highest BCUT2D eigenvalue weighted by Gasteiger charge is 2.56. The molecule has 0 amide bonds. The molecule has 1 fully saturated rings. The van der Waals surface area contributed by atoms with Gasteiger partial charge in [0.2, 0.25) is 0 Å². The van der Waals surface area contributed by atoms with Crippen molar-refractivity contribution in [3.8, 4) is 0 Å². The van der Waals surface area contributed by atoms with Crippen molar-refractivity contribution < 1.29 is 0 Å². The molecule has 4 unspecified atom stereocenters. The highest BCUT2D eigenvalue weighted by Crippen LogP contribution is 2.56. The van der Waals surface area contributed by atoms with Gasteiger partial charge in [-0.2, -0.15) is 0 Å². The summed E-state index contributed by atoms with van der Waals surface area (Å²) in [5.74, 6) is 3.41. The van der Waals surface area contributed by atoms with Crippen LogP contribution in [0.15, 0.2) is 0 Å². The summed E-state index contributed by atoms with van der Waals surface area (Å²) in [5.41, 5.74) is 0.887. The van der Waals surface area contributed by atoms with Crippen molar-refractivity contribution in [1.29, 1.82) is 0 Å². The lowest BCUT2D eigenvalue weighted by molar-refractivity contribution is -0.125. The van der Waals surface area contributed by atoms with Gasteiger partial charge in [-0.15, -0.1) is 0 Å². The fourth-order valence-electron chi connectivity index (χ4n) is 4.13. The number of rotatable bonds is 6. The molecule has 0 aliphatic heterocycles. The van der Waals surface area contributed by atoms with Gasteiger partial charge in [0.15, 0.2) is 0 Å². The summed E-state index contributed by atoms with van der Waals surface area (Å²) in [6, 6.07) is 0. The monoisotopic (exact) mass is 267 g/mol. The maximum Gasteiger partial charge on any atom is 0.0234 e. The Bertz CT molecular complexity index is 292. The van der Waals surface area contributed by atoms with Crippen LogP contribution in [0.4, 0.5) is 0 Å². The SMILES string of the molecule is CCC1C(C)C(C)(N(C)C)C1CCC(C)(C)C(C)C. The van der Waals surface area contributed by atoms with Gasteiger partial charge < -0.3 is 4.90 Å². The second kappa shape index (κ2) is 5.76. The number of hydrogen-bond donors (Lipinski definition) is 0. The average Bonchev–Trinajstić information content (AvgIpc) is 2.31. The minimum Gasteiger partial charge on any atom is -0.303 e. The lowest BCUT2D eigenvalue weighted by Gasteiger charge is -2.63. The van der Waals surface area contributed by atoms with Gasteiger partial charge in [0.25, 0.3) is 0 Å². The van der Waals surface area contributed by atoms with Gasteiger partial charge in [0, 0.05) is 5.54 Å². The van der Waals surface area contributed by atoms with Crippen molar-refractivity contribution in [1.82, 2.24) is 4.90 Å². The Kier molecular flexibility index (Phi) is 5.15. The molecular formula is C18H37N. The molecule has 0 heterocycles. The maximum atomic E-state index is 2.48. The molecule has 4 atom stereocenters. The molecular weight excluding hydrogens is 230 g/mol. The predicted molar refractivity (Wildman–Crippen MR) is 86.4 cm³/mol. The molecule has 0 radical (unpaired) electrons. The summed E-state index contributed by atoms with van der Waals surface area (Å²) < 4.78 is 0. The normalized spacial score (nSPS) is 35.8. The van der Waals surface area contributed by atoms with Gasteiger partial charge in [0.05, 0.1) is 0 Å². The van der Waals surface area contributed by atoms with Crippen molar-refractivity contribution >= 4 is 0 Å². The fraction of sp³-hybridized carbons (Fsp3) is 1.00. The highest BCUT2D eigenvalue weighted by atomic mass is 15.2. The molecule has 0 aromatic carbocycles. The molecule has 0 aromatic heterocycles. The molecule has 1 aliphatic carbocycles. The number of nitrogens with zero attached hydrogens (tertiary/aromatic N) is 1. The lowest BCUT2D eigenvalue weighted by atomic mass is 9.49. The largest absolute Gasteiger partial charge is 0.303 e. The Morgan fingerprint density at radius 3 is 2.11 bits per heavy atom. The van der Waals surface area contributed by atoms with Crippen LogP contribution in [0, 0.1) is 29.1 Å². The van der Waals surface area contributed by atoms with Gasteiger partial charge in [-0.3, -0.25) is 0 Å². The van der Waals surface area contributed by atoms with Crippen LogP contribution in [0.5, 0.6) is 0 Å². The quantitative estimate of drug-likeness (QED) is 0.650. The zero-order valence-electron chi connectivity index (χ0n) is 14.9. The van der Waals surface area contributed by atoms with Crippen molar-refractivity contribution in [2.75, 3.05) is 14.1 Å². The third-order valence-electron chi connectivity index (χ3n) is 6.93. The third-order valence-corrected chi connectivity index (χ3v) is 6.93. The van der Waals surface area contributed by atoms with E-state index >= 15 is 0 Å². The van der Waals surface area contributed by atoms with Gasteiger partial charge >= 0.3 is 0 Å². The predicted octanol–water partition coefficient (Wildman–Crippen LogP) is 5.06. The van der Waals surface area contributed by atoms with Crippen LogP contribution in [-0.2, 0) is 0 Å². The van der Waals surface area contributed by atoms with E-state index in [4.69, 9.17) is 0 Å². The Morgan fingerprint density at radius 1 is 1.21 bits per heavy atom. The van der Waals surface area contributed by atoms with E-state index in [-0.39, 0.29) is 0 Å². The molecule has 0 spiro atoms. The first kappa shape index (κ1) is 17.0. The van der Waals surface area contributed by atoms with Crippen LogP contribution in [-0.4, -0.2) is 24.5 Å². The molecule has 0 bridgehead atoms. The Labute approximate surface area is 122 Å². The summed E-state index contributed by atoms with van der Waals surface area (Å²) in [6.45, 7) is 16.9. The molecule has 19 heavy (non-hydrogen) atoms. The van der Waals surface area contributed by atoms with Gasteiger partial charge in [-0.25, -0.2) is 0 Å². The van der Waals surface area contributed by atoms with E-state index in [1.165, 1.54) is 19.3 Å². The summed E-state index contributed by atoms with van der Waals surface area (Å²) in [5, 5.41) is 0. The maximum absolute atomic E-state index is 2.48. The van der Waals surface area contributed by atoms with E-state index in [2.05, 4.69) is 67.5 Å². The van der Waals surface area contributed by atoms with Crippen LogP contribution < -0.4 is 0 Å². The van der Waals surface area contributed by atoms with Crippen LogP contribution in [0.1, 0.15) is 67.7 Å². The summed E-state index contributed by atoms with van der Waals surface area (Å²) in [4.78, 5) is 2.48. The first-order valence-corrected chi connectivity index (χ1v) is 8.26. The van der Waals surface area contributed by atoms with E-state index in [9.17, 15) is 0 Å². The highest BCUT2D eigenvalue weighted by molar-refractivity contribution is 5.09. The molecule has 1 aliphatic rings. The molecule has 1 nitrogen and oxygen atoms in total. The third kappa shape index (κ3) is 2.86. The second-order valence-corrected chi connectivity index (χ2v) is 8.27. The second-order valence-electron chi connectivity index (χ2n) is 8.27. The first-order valence-electron chi connectivity index (χ1n) is 8.26. The van der Waals surface area contributed by atoms with Crippen molar-refractivity contribution in [2.45, 2.75) is 73.3 Å². The average molecular weight is 268 g/mol. The fourth-order valence-corrected chi connectivity index (χ4v) is 4.13. The minimum absolute atomic E-state index is 0.410. The molecule has 1 heteroatoms. The number of hydrogen-bond acceptors (Lipinski definition) is 1. The van der Waals surface area contributed by atoms with E-state index in [1.807, 2.05) is 0 Å². The molecule has 114 valence electrons. The summed E-state index contributed by atoms with van der Waals surface area (Å²) in [6.07, 6.45) is 4.10. The van der Waals surface area contributed by atoms with Gasteiger partial charge in [-0.05, 0) is 62.9 Å². The van der Waals surface area contributed by atoms with Crippen LogP contribution in [0.2, 0.25) is 0 Å². The molecule has 0 N–H and O–H groups in total. The molecule has 1 rings (SSSR count). The van der Waals surface area contributed by atoms with Crippen LogP contribution >= 0.6 is 0 Å². The van der Waals surface area contributed by atoms with E-state index in [0.29, 0.717) is 11.0 Å². The Morgan fingerprint density at radius 2 is 1.74 bits per heavy atom. The molecule has 0 saturated heterocycles. The zero-order chi connectivity index (χ0) is 15.0. The molecule has 1 saturated carbocycles. The molecule has 0 aromatic rings. The summed E-state index contributed by atoms with van der Waals surface area (Å²) in [7, 11) is 4.53. The lowest BCUT2D eigenvalue weighted by Crippen LogP contribution is -2.66. The van der Waals surface area contributed by atoms with Gasteiger partial charge in [-0.1, -0.05) is 48.0 Å². The zero-order valence-corrected chi connectivity index (χ0v) is 14.9. The Hall–Kier alpha value is -0.0400. The minimum atomic E-state index is 0.410. The van der Waals surface area contributed by atoms with Crippen molar-refractivity contribution in [3.05, 3.63) is 0 Å². The standard InChI is InChI=1S/C18H37N/c1-10-15-14(4)18(7,19(8)9)16(15)11-12-17(5,6)13(2)3/h13-16H,10-12H2,1-9H3. The Balaban J connectivity index is 2.74. The van der Waals surface area contributed by atoms with Crippen LogP contribution in [0.3, 0.4) is 0 Å². The van der Waals surface area contributed by atoms with Crippen molar-refractivity contribution in [2.24, 2.45) is 29.1 Å². The first-order chi connectivity index (χ1) is 8.59. The topological polar surface area (TPSA) is 3.24 Å². The van der Waals surface area contributed by atoms with E-state index < -0.39 is 0 Å². The van der Waals surface area contributed by atoms with E-state index in [0.717, 1.165) is 23.7 Å². The van der Waals surface area contributed by atoms with Crippen molar-refractivity contribution in [3.63, 3.8) is 0 Å². The van der Waals surface area contributed by atoms with Gasteiger partial charge in [0.1, 0.15) is 0 Å². The summed E-state index contributed by atoms with van der Waals surface area (Å²) >= 11 is 0. The van der Waals surface area contributed by atoms with Crippen LogP contribution in [0.25, 0.3) is 0 Å². The van der Waals surface area contributed by atoms with E-state index in [1.54, 1.807) is 0 Å².